The van der Waals surface area contributed by atoms with Crippen LogP contribution in [-0.2, 0) is 17.5 Å². The van der Waals surface area contributed by atoms with Crippen molar-refractivity contribution in [2.75, 3.05) is 20.2 Å². The highest BCUT2D eigenvalue weighted by atomic mass is 19.4. The van der Waals surface area contributed by atoms with Crippen LogP contribution in [0.4, 0.5) is 13.2 Å². The van der Waals surface area contributed by atoms with Gasteiger partial charge in [-0.1, -0.05) is 45.9 Å². The van der Waals surface area contributed by atoms with E-state index in [0.717, 1.165) is 11.1 Å². The molecule has 0 bridgehead atoms. The zero-order chi connectivity index (χ0) is 34.5. The SMILES string of the molecule is COc1ccc(/C=C/C(=O)Oc2ccc3c(=O)c(Oc4ccc(C)c(C)c4)c(C(F)(F)F)oc3c2CN(CC(C)C)CC(C)C)cc1. The summed E-state index contributed by atoms with van der Waals surface area (Å²) >= 11 is 0. The number of hydrogen-bond donors (Lipinski definition) is 0. The van der Waals surface area contributed by atoms with Gasteiger partial charge >= 0.3 is 12.1 Å². The van der Waals surface area contributed by atoms with E-state index >= 15 is 0 Å². The summed E-state index contributed by atoms with van der Waals surface area (Å²) in [5, 5.41) is -0.130. The molecule has 250 valence electrons. The van der Waals surface area contributed by atoms with Crippen molar-refractivity contribution >= 4 is 23.0 Å². The lowest BCUT2D eigenvalue weighted by Crippen LogP contribution is -2.31. The van der Waals surface area contributed by atoms with Gasteiger partial charge in [0, 0.05) is 25.7 Å². The maximum Gasteiger partial charge on any atom is 0.453 e. The van der Waals surface area contributed by atoms with Crippen LogP contribution in [0, 0.1) is 25.7 Å². The summed E-state index contributed by atoms with van der Waals surface area (Å²) < 4.78 is 65.6. The molecule has 0 aliphatic rings. The van der Waals surface area contributed by atoms with Crippen molar-refractivity contribution in [3.63, 3.8) is 0 Å². The van der Waals surface area contributed by atoms with E-state index in [-0.39, 0.29) is 46.4 Å². The minimum atomic E-state index is -5.07. The molecule has 1 aromatic heterocycles. The van der Waals surface area contributed by atoms with Gasteiger partial charge in [-0.15, -0.1) is 0 Å². The van der Waals surface area contributed by atoms with Gasteiger partial charge in [-0.05, 0) is 84.8 Å². The van der Waals surface area contributed by atoms with Crippen LogP contribution in [0.1, 0.15) is 55.7 Å². The molecular weight excluding hydrogens is 611 g/mol. The Morgan fingerprint density at radius 1 is 0.915 bits per heavy atom. The molecule has 0 fully saturated rings. The molecule has 47 heavy (non-hydrogen) atoms. The first-order valence-corrected chi connectivity index (χ1v) is 15.4. The maximum absolute atomic E-state index is 14.5. The highest BCUT2D eigenvalue weighted by molar-refractivity contribution is 5.90. The Morgan fingerprint density at radius 3 is 2.13 bits per heavy atom. The highest BCUT2D eigenvalue weighted by Gasteiger charge is 2.41. The monoisotopic (exact) mass is 651 g/mol. The highest BCUT2D eigenvalue weighted by Crippen LogP contribution is 2.40. The summed E-state index contributed by atoms with van der Waals surface area (Å²) in [6.45, 7) is 13.0. The van der Waals surface area contributed by atoms with E-state index in [0.29, 0.717) is 24.4 Å². The summed E-state index contributed by atoms with van der Waals surface area (Å²) in [6, 6.07) is 14.4. The largest absolute Gasteiger partial charge is 0.497 e. The predicted molar refractivity (Wildman–Crippen MR) is 176 cm³/mol. The minimum Gasteiger partial charge on any atom is -0.497 e. The summed E-state index contributed by atoms with van der Waals surface area (Å²) in [7, 11) is 1.55. The van der Waals surface area contributed by atoms with Crippen LogP contribution in [0.2, 0.25) is 0 Å². The number of benzene rings is 3. The van der Waals surface area contributed by atoms with Gasteiger partial charge in [0.15, 0.2) is 0 Å². The normalized spacial score (nSPS) is 12.1. The molecule has 0 saturated heterocycles. The van der Waals surface area contributed by atoms with Crippen LogP contribution in [-0.4, -0.2) is 31.1 Å². The van der Waals surface area contributed by atoms with Crippen LogP contribution in [0.25, 0.3) is 17.0 Å². The molecule has 0 atom stereocenters. The lowest BCUT2D eigenvalue weighted by Gasteiger charge is -2.27. The number of hydrogen-bond acceptors (Lipinski definition) is 7. The Morgan fingerprint density at radius 2 is 1.55 bits per heavy atom. The Bertz CT molecular complexity index is 1800. The number of ether oxygens (including phenoxy) is 3. The lowest BCUT2D eigenvalue weighted by atomic mass is 10.1. The van der Waals surface area contributed by atoms with E-state index in [9.17, 15) is 22.8 Å². The fourth-order valence-electron chi connectivity index (χ4n) is 5.18. The van der Waals surface area contributed by atoms with Gasteiger partial charge in [0.25, 0.3) is 5.76 Å². The van der Waals surface area contributed by atoms with Gasteiger partial charge in [0.05, 0.1) is 18.1 Å². The fraction of sp³-hybridized carbons (Fsp3) is 0.351. The van der Waals surface area contributed by atoms with E-state index in [2.05, 4.69) is 0 Å². The standard InChI is InChI=1S/C37H40F3NO6/c1-22(2)19-41(20-23(3)4)21-30-31(46-32(42)17-11-26-9-13-27(44-7)14-10-26)16-15-29-33(43)35(36(37(38,39)40)47-34(29)30)45-28-12-8-24(5)25(6)18-28/h8-18,22-23H,19-21H2,1-7H3/b17-11+. The van der Waals surface area contributed by atoms with Crippen molar-refractivity contribution in [2.24, 2.45) is 11.8 Å². The number of carbonyl (C=O) groups is 1. The van der Waals surface area contributed by atoms with Crippen molar-refractivity contribution in [3.05, 3.63) is 98.9 Å². The summed E-state index contributed by atoms with van der Waals surface area (Å²) in [4.78, 5) is 28.8. The molecule has 0 amide bonds. The van der Waals surface area contributed by atoms with E-state index < -0.39 is 29.1 Å². The molecule has 0 spiro atoms. The smallest absolute Gasteiger partial charge is 0.453 e. The third-order valence-corrected chi connectivity index (χ3v) is 7.40. The second-order valence-electron chi connectivity index (χ2n) is 12.4. The first-order chi connectivity index (χ1) is 22.2. The molecule has 0 aliphatic carbocycles. The zero-order valence-electron chi connectivity index (χ0n) is 27.7. The molecule has 0 saturated carbocycles. The Labute approximate surface area is 272 Å². The molecule has 4 rings (SSSR count). The topological polar surface area (TPSA) is 78.2 Å². The third-order valence-electron chi connectivity index (χ3n) is 7.40. The van der Waals surface area contributed by atoms with Gasteiger partial charge in [0.2, 0.25) is 11.2 Å². The van der Waals surface area contributed by atoms with Crippen molar-refractivity contribution in [1.82, 2.24) is 4.90 Å². The number of esters is 1. The van der Waals surface area contributed by atoms with Crippen molar-refractivity contribution < 1.29 is 36.6 Å². The minimum absolute atomic E-state index is 0.0153. The van der Waals surface area contributed by atoms with Gasteiger partial charge in [-0.25, -0.2) is 4.79 Å². The Hall–Kier alpha value is -4.57. The molecule has 0 N–H and O–H groups in total. The van der Waals surface area contributed by atoms with Crippen molar-refractivity contribution in [3.8, 4) is 23.0 Å². The summed E-state index contributed by atoms with van der Waals surface area (Å²) in [6.07, 6.45) is -2.30. The second kappa shape index (κ2) is 14.9. The zero-order valence-corrected chi connectivity index (χ0v) is 27.7. The quantitative estimate of drug-likeness (QED) is 0.0860. The van der Waals surface area contributed by atoms with Gasteiger partial charge in [0.1, 0.15) is 22.8 Å². The molecule has 0 aliphatic heterocycles. The summed E-state index contributed by atoms with van der Waals surface area (Å²) in [5.74, 6) is -2.15. The molecule has 0 radical (unpaired) electrons. The molecule has 1 heterocycles. The van der Waals surface area contributed by atoms with Crippen LogP contribution in [0.15, 0.2) is 69.9 Å². The first kappa shape index (κ1) is 35.3. The first-order valence-electron chi connectivity index (χ1n) is 15.4. The molecule has 10 heteroatoms. The average Bonchev–Trinajstić information content (AvgIpc) is 2.99. The Kier molecular flexibility index (Phi) is 11.2. The number of carbonyl (C=O) groups excluding carboxylic acids is 1. The van der Waals surface area contributed by atoms with Crippen molar-refractivity contribution in [1.29, 1.82) is 0 Å². The second-order valence-corrected chi connectivity index (χ2v) is 12.4. The number of aryl methyl sites for hydroxylation is 2. The van der Waals surface area contributed by atoms with Gasteiger partial charge < -0.3 is 18.6 Å². The fourth-order valence-corrected chi connectivity index (χ4v) is 5.18. The maximum atomic E-state index is 14.5. The van der Waals surface area contributed by atoms with E-state index in [1.807, 2.05) is 39.5 Å². The van der Waals surface area contributed by atoms with E-state index in [1.54, 1.807) is 56.5 Å². The number of halogens is 3. The number of rotatable bonds is 12. The van der Waals surface area contributed by atoms with Crippen molar-refractivity contribution in [2.45, 2.75) is 54.3 Å². The number of methoxy groups -OCH3 is 1. The number of nitrogens with zero attached hydrogens (tertiary/aromatic N) is 1. The number of alkyl halides is 3. The number of fused-ring (bicyclic) bond motifs is 1. The third kappa shape index (κ3) is 9.04. The molecule has 4 aromatic rings. The van der Waals surface area contributed by atoms with Gasteiger partial charge in [-0.2, -0.15) is 13.2 Å². The lowest BCUT2D eigenvalue weighted by molar-refractivity contribution is -0.154. The molecular formula is C37H40F3NO6. The average molecular weight is 652 g/mol. The molecule has 0 unspecified atom stereocenters. The van der Waals surface area contributed by atoms with Crippen LogP contribution < -0.4 is 19.6 Å². The van der Waals surface area contributed by atoms with E-state index in [4.69, 9.17) is 18.6 Å². The van der Waals surface area contributed by atoms with Crippen LogP contribution >= 0.6 is 0 Å². The van der Waals surface area contributed by atoms with Crippen LogP contribution in [0.5, 0.6) is 23.0 Å². The van der Waals surface area contributed by atoms with Crippen LogP contribution in [0.3, 0.4) is 0 Å². The Balaban J connectivity index is 1.85. The summed E-state index contributed by atoms with van der Waals surface area (Å²) in [5.41, 5.74) is 1.24. The molecule has 3 aromatic carbocycles. The van der Waals surface area contributed by atoms with Gasteiger partial charge in [-0.3, -0.25) is 9.69 Å². The predicted octanol–water partition coefficient (Wildman–Crippen LogP) is 8.96. The molecule has 7 nitrogen and oxygen atoms in total. The van der Waals surface area contributed by atoms with E-state index in [1.165, 1.54) is 24.3 Å².